The molecule has 0 fully saturated rings. The fourth-order valence-electron chi connectivity index (χ4n) is 0.486. The Labute approximate surface area is 52.0 Å². The molecule has 1 aromatic rings. The molecule has 0 aromatic carbocycles. The lowest BCUT2D eigenvalue weighted by molar-refractivity contribution is 0.567. The summed E-state index contributed by atoms with van der Waals surface area (Å²) < 4.78 is 4.72. The molecule has 0 spiro atoms. The first-order chi connectivity index (χ1) is 4.43. The lowest BCUT2D eigenvalue weighted by Gasteiger charge is -1.72. The Morgan fingerprint density at radius 3 is 3.11 bits per heavy atom. The normalized spacial score (nSPS) is 10.2. The highest BCUT2D eigenvalue weighted by Crippen LogP contribution is 2.01. The molecule has 0 amide bonds. The van der Waals surface area contributed by atoms with Crippen molar-refractivity contribution in [1.29, 1.82) is 0 Å². The molecule has 0 aliphatic heterocycles. The summed E-state index contributed by atoms with van der Waals surface area (Å²) in [5.74, 6) is 0. The molecule has 3 heteroatoms. The zero-order valence-electron chi connectivity index (χ0n) is 4.65. The van der Waals surface area contributed by atoms with E-state index in [2.05, 4.69) is 5.18 Å². The predicted octanol–water partition coefficient (Wildman–Crippen LogP) is 2.02. The second kappa shape index (κ2) is 2.81. The molecule has 1 aromatic heterocycles. The molecule has 1 rings (SSSR count). The van der Waals surface area contributed by atoms with E-state index in [0.717, 1.165) is 5.56 Å². The van der Waals surface area contributed by atoms with Gasteiger partial charge in [0, 0.05) is 5.56 Å². The number of nitroso groups, excluding NO2 is 1. The molecule has 1 heterocycles. The minimum Gasteiger partial charge on any atom is -0.472 e. The molecule has 0 unspecified atom stereocenters. The second-order valence-electron chi connectivity index (χ2n) is 1.48. The molecule has 0 N–H and O–H groups in total. The van der Waals surface area contributed by atoms with Gasteiger partial charge in [0.15, 0.2) is 0 Å². The highest BCUT2D eigenvalue weighted by Gasteiger charge is 1.83. The topological polar surface area (TPSA) is 42.6 Å². The number of rotatable bonds is 2. The van der Waals surface area contributed by atoms with E-state index in [9.17, 15) is 4.91 Å². The van der Waals surface area contributed by atoms with Crippen LogP contribution < -0.4 is 0 Å². The second-order valence-corrected chi connectivity index (χ2v) is 1.48. The first kappa shape index (κ1) is 5.75. The van der Waals surface area contributed by atoms with Crippen molar-refractivity contribution in [3.63, 3.8) is 0 Å². The number of nitrogens with zero attached hydrogens (tertiary/aromatic N) is 1. The quantitative estimate of drug-likeness (QED) is 0.564. The van der Waals surface area contributed by atoms with E-state index < -0.39 is 0 Å². The average Bonchev–Trinajstić information content (AvgIpc) is 2.34. The SMILES string of the molecule is O=N/C=C/c1ccoc1. The Balaban J connectivity index is 2.67. The Kier molecular flexibility index (Phi) is 1.80. The van der Waals surface area contributed by atoms with E-state index in [0.29, 0.717) is 0 Å². The van der Waals surface area contributed by atoms with Crippen LogP contribution >= 0.6 is 0 Å². The molecular formula is C6H5NO2. The van der Waals surface area contributed by atoms with Gasteiger partial charge in [-0.2, -0.15) is 0 Å². The van der Waals surface area contributed by atoms with Crippen LogP contribution in [-0.4, -0.2) is 0 Å². The van der Waals surface area contributed by atoms with Crippen LogP contribution in [0.4, 0.5) is 0 Å². The van der Waals surface area contributed by atoms with Crippen molar-refractivity contribution < 1.29 is 4.42 Å². The standard InChI is InChI=1S/C6H5NO2/c8-7-3-1-6-2-4-9-5-6/h1-5H/b3-1+. The summed E-state index contributed by atoms with van der Waals surface area (Å²) in [7, 11) is 0. The van der Waals surface area contributed by atoms with E-state index in [-0.39, 0.29) is 0 Å². The van der Waals surface area contributed by atoms with E-state index in [4.69, 9.17) is 4.42 Å². The van der Waals surface area contributed by atoms with Crippen LogP contribution in [0.25, 0.3) is 6.08 Å². The molecule has 0 saturated heterocycles. The maximum atomic E-state index is 9.53. The van der Waals surface area contributed by atoms with E-state index >= 15 is 0 Å². The van der Waals surface area contributed by atoms with Crippen molar-refractivity contribution in [3.05, 3.63) is 35.3 Å². The minimum absolute atomic E-state index is 0.842. The van der Waals surface area contributed by atoms with Gasteiger partial charge >= 0.3 is 0 Å². The van der Waals surface area contributed by atoms with Gasteiger partial charge in [0.1, 0.15) is 0 Å². The van der Waals surface area contributed by atoms with E-state index in [1.807, 2.05) is 0 Å². The molecule has 9 heavy (non-hydrogen) atoms. The Morgan fingerprint density at radius 2 is 2.56 bits per heavy atom. The highest BCUT2D eigenvalue weighted by atomic mass is 16.3. The lowest BCUT2D eigenvalue weighted by atomic mass is 10.3. The fourth-order valence-corrected chi connectivity index (χ4v) is 0.486. The molecule has 0 saturated carbocycles. The zero-order chi connectivity index (χ0) is 6.53. The summed E-state index contributed by atoms with van der Waals surface area (Å²) in [6.07, 6.45) is 5.80. The van der Waals surface area contributed by atoms with E-state index in [1.165, 1.54) is 18.7 Å². The largest absolute Gasteiger partial charge is 0.472 e. The van der Waals surface area contributed by atoms with Crippen LogP contribution in [0.5, 0.6) is 0 Å². The summed E-state index contributed by atoms with van der Waals surface area (Å²) in [6.45, 7) is 0. The van der Waals surface area contributed by atoms with E-state index in [1.54, 1.807) is 12.1 Å². The van der Waals surface area contributed by atoms with Crippen LogP contribution in [0.3, 0.4) is 0 Å². The fraction of sp³-hybridized carbons (Fsp3) is 0. The van der Waals surface area contributed by atoms with Gasteiger partial charge in [-0.1, -0.05) is 0 Å². The van der Waals surface area contributed by atoms with Crippen molar-refractivity contribution in [3.8, 4) is 0 Å². The van der Waals surface area contributed by atoms with Gasteiger partial charge in [0.25, 0.3) is 0 Å². The number of furan rings is 1. The van der Waals surface area contributed by atoms with Crippen LogP contribution in [0.1, 0.15) is 5.56 Å². The van der Waals surface area contributed by atoms with Gasteiger partial charge in [-0.05, 0) is 17.3 Å². The van der Waals surface area contributed by atoms with Crippen LogP contribution in [0.2, 0.25) is 0 Å². The maximum Gasteiger partial charge on any atom is 0.0975 e. The molecule has 46 valence electrons. The Bertz CT molecular complexity index is 201. The van der Waals surface area contributed by atoms with Crippen LogP contribution in [0.15, 0.2) is 34.4 Å². The Morgan fingerprint density at radius 1 is 1.67 bits per heavy atom. The van der Waals surface area contributed by atoms with Gasteiger partial charge in [-0.15, -0.1) is 4.91 Å². The van der Waals surface area contributed by atoms with Gasteiger partial charge < -0.3 is 4.42 Å². The predicted molar refractivity (Wildman–Crippen MR) is 33.5 cm³/mol. The smallest absolute Gasteiger partial charge is 0.0975 e. The van der Waals surface area contributed by atoms with Gasteiger partial charge in [-0.3, -0.25) is 0 Å². The summed E-state index contributed by atoms with van der Waals surface area (Å²) in [6, 6.07) is 1.74. The third-order valence-electron chi connectivity index (χ3n) is 0.871. The lowest BCUT2D eigenvalue weighted by Crippen LogP contribution is -1.55. The van der Waals surface area contributed by atoms with Crippen molar-refractivity contribution in [2.75, 3.05) is 0 Å². The summed E-state index contributed by atoms with van der Waals surface area (Å²) >= 11 is 0. The highest BCUT2D eigenvalue weighted by molar-refractivity contribution is 5.46. The molecule has 0 atom stereocenters. The van der Waals surface area contributed by atoms with Crippen LogP contribution in [0, 0.1) is 4.91 Å². The first-order valence-corrected chi connectivity index (χ1v) is 2.44. The summed E-state index contributed by atoms with van der Waals surface area (Å²) in [4.78, 5) is 9.53. The molecule has 0 aliphatic rings. The van der Waals surface area contributed by atoms with Crippen LogP contribution in [-0.2, 0) is 0 Å². The maximum absolute atomic E-state index is 9.53. The summed E-state index contributed by atoms with van der Waals surface area (Å²) in [5.41, 5.74) is 0.842. The van der Waals surface area contributed by atoms with Crippen molar-refractivity contribution in [2.24, 2.45) is 5.18 Å². The van der Waals surface area contributed by atoms with Crippen molar-refractivity contribution in [2.45, 2.75) is 0 Å². The monoisotopic (exact) mass is 123 g/mol. The van der Waals surface area contributed by atoms with Crippen molar-refractivity contribution >= 4 is 6.08 Å². The molecule has 0 bridgehead atoms. The molecule has 0 aliphatic carbocycles. The molecule has 3 nitrogen and oxygen atoms in total. The molecular weight excluding hydrogens is 118 g/mol. The third kappa shape index (κ3) is 1.53. The van der Waals surface area contributed by atoms with Crippen molar-refractivity contribution in [1.82, 2.24) is 0 Å². The first-order valence-electron chi connectivity index (χ1n) is 2.44. The van der Waals surface area contributed by atoms with Gasteiger partial charge in [0.05, 0.1) is 18.7 Å². The third-order valence-corrected chi connectivity index (χ3v) is 0.871. The summed E-state index contributed by atoms with van der Waals surface area (Å²) in [5, 5.41) is 2.54. The average molecular weight is 123 g/mol. The minimum atomic E-state index is 0.842. The Hall–Kier alpha value is -1.38. The molecule has 0 radical (unpaired) electrons. The number of hydrogen-bond donors (Lipinski definition) is 0. The number of hydrogen-bond acceptors (Lipinski definition) is 3. The zero-order valence-corrected chi connectivity index (χ0v) is 4.65. The van der Waals surface area contributed by atoms with Gasteiger partial charge in [0.2, 0.25) is 0 Å². The van der Waals surface area contributed by atoms with Gasteiger partial charge in [-0.25, -0.2) is 0 Å².